The zero-order chi connectivity index (χ0) is 18.9. The van der Waals surface area contributed by atoms with Crippen LogP contribution in [-0.2, 0) is 6.42 Å². The van der Waals surface area contributed by atoms with E-state index >= 15 is 0 Å². The largest absolute Gasteiger partial charge is 0.346 e. The molecular weight excluding hydrogens is 348 g/mol. The van der Waals surface area contributed by atoms with Crippen LogP contribution >= 0.6 is 0 Å². The molecule has 142 valence electrons. The molecule has 3 fully saturated rings. The van der Waals surface area contributed by atoms with Gasteiger partial charge in [-0.3, -0.25) is 19.7 Å². The Morgan fingerprint density at radius 2 is 1.93 bits per heavy atom. The van der Waals surface area contributed by atoms with Crippen molar-refractivity contribution < 1.29 is 4.79 Å². The highest BCUT2D eigenvalue weighted by molar-refractivity contribution is 6.05. The van der Waals surface area contributed by atoms with E-state index in [0.717, 1.165) is 43.1 Å². The van der Waals surface area contributed by atoms with Gasteiger partial charge in [-0.2, -0.15) is 0 Å². The Hall–Kier alpha value is -2.79. The number of rotatable bonds is 4. The third-order valence-electron chi connectivity index (χ3n) is 6.32. The van der Waals surface area contributed by atoms with Crippen LogP contribution in [0.3, 0.4) is 0 Å². The van der Waals surface area contributed by atoms with Crippen LogP contribution in [0.5, 0.6) is 0 Å². The van der Waals surface area contributed by atoms with Crippen LogP contribution in [0.25, 0.3) is 10.8 Å². The summed E-state index contributed by atoms with van der Waals surface area (Å²) in [6, 6.07) is 14.5. The van der Waals surface area contributed by atoms with Gasteiger partial charge in [-0.05, 0) is 61.4 Å². The fraction of sp³-hybridized carbons (Fsp3) is 0.348. The van der Waals surface area contributed by atoms with Crippen molar-refractivity contribution in [3.63, 3.8) is 0 Å². The van der Waals surface area contributed by atoms with Crippen molar-refractivity contribution >= 4 is 16.7 Å². The number of nitrogens with one attached hydrogen (secondary N) is 1. The van der Waals surface area contributed by atoms with E-state index < -0.39 is 0 Å². The van der Waals surface area contributed by atoms with Gasteiger partial charge in [-0.1, -0.05) is 30.3 Å². The van der Waals surface area contributed by atoms with Crippen molar-refractivity contribution in [3.05, 3.63) is 72.3 Å². The molecule has 1 amide bonds. The number of benzene rings is 1. The minimum atomic E-state index is -0.0632. The van der Waals surface area contributed by atoms with Gasteiger partial charge in [0, 0.05) is 36.1 Å². The van der Waals surface area contributed by atoms with E-state index in [0.29, 0.717) is 17.7 Å². The predicted molar refractivity (Wildman–Crippen MR) is 109 cm³/mol. The van der Waals surface area contributed by atoms with E-state index in [-0.39, 0.29) is 11.9 Å². The van der Waals surface area contributed by atoms with Crippen molar-refractivity contribution in [2.45, 2.75) is 31.3 Å². The standard InChI is InChI=1S/C23H24N4O/c28-23(22-19-6-2-1-5-17(19)7-11-25-22)26-21-18-8-12-27(13-9-18)20(21)14-16-4-3-10-24-15-16/h1-7,10-11,15,18,20-21H,8-9,12-14H2,(H,26,28)/t20-,21+/m0/s1. The number of fused-ring (bicyclic) bond motifs is 4. The van der Waals surface area contributed by atoms with Gasteiger partial charge < -0.3 is 5.32 Å². The smallest absolute Gasteiger partial charge is 0.270 e. The predicted octanol–water partition coefficient (Wildman–Crippen LogP) is 3.07. The highest BCUT2D eigenvalue weighted by Crippen LogP contribution is 2.34. The number of nitrogens with zero attached hydrogens (tertiary/aromatic N) is 3. The summed E-state index contributed by atoms with van der Waals surface area (Å²) in [5.74, 6) is 0.470. The summed E-state index contributed by atoms with van der Waals surface area (Å²) in [5.41, 5.74) is 1.75. The number of pyridine rings is 2. The number of amides is 1. The molecule has 3 aliphatic rings. The van der Waals surface area contributed by atoms with Gasteiger partial charge in [-0.15, -0.1) is 0 Å². The first-order valence-corrected chi connectivity index (χ1v) is 10.1. The maximum atomic E-state index is 13.2. The quantitative estimate of drug-likeness (QED) is 0.765. The van der Waals surface area contributed by atoms with Crippen LogP contribution in [-0.4, -0.2) is 45.9 Å². The highest BCUT2D eigenvalue weighted by Gasteiger charge is 2.43. The van der Waals surface area contributed by atoms with E-state index in [1.54, 1.807) is 6.20 Å². The summed E-state index contributed by atoms with van der Waals surface area (Å²) in [7, 11) is 0. The van der Waals surface area contributed by atoms with Gasteiger partial charge in [0.05, 0.1) is 0 Å². The molecule has 3 aliphatic heterocycles. The second kappa shape index (κ2) is 7.32. The molecule has 2 aromatic heterocycles. The molecule has 5 heteroatoms. The van der Waals surface area contributed by atoms with Crippen molar-refractivity contribution in [2.24, 2.45) is 5.92 Å². The van der Waals surface area contributed by atoms with Crippen molar-refractivity contribution in [2.75, 3.05) is 13.1 Å². The molecule has 3 aromatic rings. The average Bonchev–Trinajstić information content (AvgIpc) is 2.76. The number of carbonyl (C=O) groups excluding carboxylic acids is 1. The third-order valence-corrected chi connectivity index (χ3v) is 6.32. The lowest BCUT2D eigenvalue weighted by Crippen LogP contribution is -2.64. The molecule has 0 aliphatic carbocycles. The first kappa shape index (κ1) is 17.3. The summed E-state index contributed by atoms with van der Waals surface area (Å²) < 4.78 is 0. The molecule has 3 saturated heterocycles. The van der Waals surface area contributed by atoms with Gasteiger partial charge in [-0.25, -0.2) is 0 Å². The molecule has 2 bridgehead atoms. The van der Waals surface area contributed by atoms with Gasteiger partial charge in [0.15, 0.2) is 0 Å². The van der Waals surface area contributed by atoms with Crippen molar-refractivity contribution in [1.29, 1.82) is 0 Å². The zero-order valence-electron chi connectivity index (χ0n) is 15.8. The molecular formula is C23H24N4O. The van der Waals surface area contributed by atoms with Gasteiger partial charge in [0.2, 0.25) is 0 Å². The maximum absolute atomic E-state index is 13.2. The Balaban J connectivity index is 1.42. The molecule has 2 atom stereocenters. The first-order valence-electron chi connectivity index (χ1n) is 10.1. The Morgan fingerprint density at radius 1 is 1.07 bits per heavy atom. The lowest BCUT2D eigenvalue weighted by atomic mass is 9.76. The van der Waals surface area contributed by atoms with E-state index in [2.05, 4.69) is 26.3 Å². The molecule has 0 radical (unpaired) electrons. The van der Waals surface area contributed by atoms with E-state index in [1.165, 1.54) is 5.56 Å². The number of hydrogen-bond acceptors (Lipinski definition) is 4. The summed E-state index contributed by atoms with van der Waals surface area (Å²) in [6.45, 7) is 2.24. The second-order valence-corrected chi connectivity index (χ2v) is 7.89. The molecule has 1 N–H and O–H groups in total. The molecule has 5 heterocycles. The van der Waals surface area contributed by atoms with Crippen LogP contribution in [0.2, 0.25) is 0 Å². The van der Waals surface area contributed by atoms with E-state index in [9.17, 15) is 4.79 Å². The lowest BCUT2D eigenvalue weighted by Gasteiger charge is -2.51. The molecule has 6 rings (SSSR count). The fourth-order valence-electron chi connectivity index (χ4n) is 4.90. The number of carbonyl (C=O) groups is 1. The second-order valence-electron chi connectivity index (χ2n) is 7.89. The summed E-state index contributed by atoms with van der Waals surface area (Å²) >= 11 is 0. The average molecular weight is 372 g/mol. The van der Waals surface area contributed by atoms with Crippen molar-refractivity contribution in [1.82, 2.24) is 20.2 Å². The Morgan fingerprint density at radius 3 is 2.75 bits per heavy atom. The number of hydrogen-bond donors (Lipinski definition) is 1. The number of aromatic nitrogens is 2. The van der Waals surface area contributed by atoms with Crippen LogP contribution in [0.15, 0.2) is 61.1 Å². The van der Waals surface area contributed by atoms with Gasteiger partial charge in [0.1, 0.15) is 5.69 Å². The highest BCUT2D eigenvalue weighted by atomic mass is 16.2. The van der Waals surface area contributed by atoms with Crippen LogP contribution in [0.4, 0.5) is 0 Å². The molecule has 0 spiro atoms. The van der Waals surface area contributed by atoms with E-state index in [1.807, 2.05) is 48.8 Å². The normalized spacial score (nSPS) is 26.3. The summed E-state index contributed by atoms with van der Waals surface area (Å²) in [6.07, 6.45) is 8.69. The monoisotopic (exact) mass is 372 g/mol. The Bertz CT molecular complexity index is 977. The lowest BCUT2D eigenvalue weighted by molar-refractivity contribution is 0.0135. The summed E-state index contributed by atoms with van der Waals surface area (Å²) in [4.78, 5) is 24.4. The topological polar surface area (TPSA) is 58.1 Å². The van der Waals surface area contributed by atoms with E-state index in [4.69, 9.17) is 0 Å². The molecule has 5 nitrogen and oxygen atoms in total. The zero-order valence-corrected chi connectivity index (χ0v) is 15.8. The maximum Gasteiger partial charge on any atom is 0.270 e. The minimum Gasteiger partial charge on any atom is -0.346 e. The molecule has 0 unspecified atom stereocenters. The molecule has 0 saturated carbocycles. The fourth-order valence-corrected chi connectivity index (χ4v) is 4.90. The Labute approximate surface area is 164 Å². The molecule has 1 aromatic carbocycles. The van der Waals surface area contributed by atoms with Crippen LogP contribution in [0, 0.1) is 5.92 Å². The number of piperidine rings is 3. The van der Waals surface area contributed by atoms with Crippen molar-refractivity contribution in [3.8, 4) is 0 Å². The minimum absolute atomic E-state index is 0.0632. The van der Waals surface area contributed by atoms with Gasteiger partial charge >= 0.3 is 0 Å². The summed E-state index contributed by atoms with van der Waals surface area (Å²) in [5, 5.41) is 5.32. The molecule has 28 heavy (non-hydrogen) atoms. The Kier molecular flexibility index (Phi) is 4.53. The first-order chi connectivity index (χ1) is 13.8. The van der Waals surface area contributed by atoms with Crippen LogP contribution in [0.1, 0.15) is 28.9 Å². The van der Waals surface area contributed by atoms with Crippen LogP contribution < -0.4 is 5.32 Å². The van der Waals surface area contributed by atoms with Gasteiger partial charge in [0.25, 0.3) is 5.91 Å². The SMILES string of the molecule is O=C(N[C@@H]1C2CCN(CC2)[C@H]1Cc1cccnc1)c1nccc2ccccc12. The third kappa shape index (κ3) is 3.16.